The second kappa shape index (κ2) is 4.99. The van der Waals surface area contributed by atoms with E-state index in [0.717, 1.165) is 0 Å². The van der Waals surface area contributed by atoms with Gasteiger partial charge in [0.15, 0.2) is 17.4 Å². The number of ketones is 1. The van der Waals surface area contributed by atoms with Crippen molar-refractivity contribution in [2.24, 2.45) is 5.92 Å². The molecule has 1 unspecified atom stereocenters. The molecule has 1 atom stereocenters. The number of aliphatic carboxylic acids is 1. The minimum Gasteiger partial charge on any atom is -0.481 e. The van der Waals surface area contributed by atoms with Crippen LogP contribution in [0.1, 0.15) is 23.7 Å². The van der Waals surface area contributed by atoms with E-state index >= 15 is 0 Å². The second-order valence-electron chi connectivity index (χ2n) is 3.41. The van der Waals surface area contributed by atoms with Crippen LogP contribution in [0.2, 0.25) is 0 Å². The highest BCUT2D eigenvalue weighted by atomic mass is 19.2. The Bertz CT molecular complexity index is 471. The van der Waals surface area contributed by atoms with Crippen molar-refractivity contribution in [1.29, 1.82) is 0 Å². The molecule has 6 heteroatoms. The first kappa shape index (κ1) is 13.2. The minimum absolute atomic E-state index is 0.0629. The summed E-state index contributed by atoms with van der Waals surface area (Å²) in [5.41, 5.74) is -0.752. The monoisotopic (exact) mass is 246 g/mol. The van der Waals surface area contributed by atoms with Crippen molar-refractivity contribution in [3.05, 3.63) is 35.1 Å². The summed E-state index contributed by atoms with van der Waals surface area (Å²) >= 11 is 0. The number of benzene rings is 1. The number of halogens is 3. The second-order valence-corrected chi connectivity index (χ2v) is 3.41. The van der Waals surface area contributed by atoms with Gasteiger partial charge in [-0.05, 0) is 12.5 Å². The van der Waals surface area contributed by atoms with Crippen LogP contribution in [0.3, 0.4) is 0 Å². The first-order valence-corrected chi connectivity index (χ1v) is 4.80. The predicted molar refractivity (Wildman–Crippen MR) is 52.1 cm³/mol. The number of Topliss-reactive ketones (excluding diaryl/α,β-unsaturated/α-hetero) is 1. The van der Waals surface area contributed by atoms with Crippen molar-refractivity contribution in [1.82, 2.24) is 0 Å². The molecule has 0 spiro atoms. The van der Waals surface area contributed by atoms with Crippen LogP contribution in [0.25, 0.3) is 0 Å². The molecular weight excluding hydrogens is 237 g/mol. The van der Waals surface area contributed by atoms with Gasteiger partial charge in [0.05, 0.1) is 5.56 Å². The molecule has 0 aliphatic rings. The van der Waals surface area contributed by atoms with Crippen LogP contribution in [0.4, 0.5) is 13.2 Å². The summed E-state index contributed by atoms with van der Waals surface area (Å²) in [6.45, 7) is 1.43. The highest BCUT2D eigenvalue weighted by Crippen LogP contribution is 2.19. The van der Waals surface area contributed by atoms with E-state index in [1.807, 2.05) is 0 Å². The third-order valence-electron chi connectivity index (χ3n) is 2.30. The van der Waals surface area contributed by atoms with Crippen molar-refractivity contribution in [3.63, 3.8) is 0 Å². The number of hydrogen-bond donors (Lipinski definition) is 1. The molecule has 0 aliphatic heterocycles. The largest absolute Gasteiger partial charge is 0.481 e. The van der Waals surface area contributed by atoms with Crippen LogP contribution in [0, 0.1) is 23.4 Å². The lowest BCUT2D eigenvalue weighted by Crippen LogP contribution is -2.24. The van der Waals surface area contributed by atoms with Gasteiger partial charge in [-0.1, -0.05) is 6.92 Å². The standard InChI is InChI=1S/C11H9F3O3/c1-2-5(11(16)17)10(15)6-3-8(13)9(14)4-7(6)12/h3-5H,2H2,1H3,(H,16,17). The van der Waals surface area contributed by atoms with Gasteiger partial charge in [-0.15, -0.1) is 0 Å². The van der Waals surface area contributed by atoms with E-state index in [1.54, 1.807) is 0 Å². The van der Waals surface area contributed by atoms with E-state index in [4.69, 9.17) is 5.11 Å². The molecule has 1 aromatic rings. The molecule has 0 amide bonds. The van der Waals surface area contributed by atoms with E-state index in [0.29, 0.717) is 6.07 Å². The fourth-order valence-corrected chi connectivity index (χ4v) is 1.37. The van der Waals surface area contributed by atoms with Gasteiger partial charge in [-0.25, -0.2) is 13.2 Å². The van der Waals surface area contributed by atoms with Crippen molar-refractivity contribution >= 4 is 11.8 Å². The van der Waals surface area contributed by atoms with Crippen molar-refractivity contribution in [2.45, 2.75) is 13.3 Å². The van der Waals surface area contributed by atoms with Crippen molar-refractivity contribution in [2.75, 3.05) is 0 Å². The third kappa shape index (κ3) is 2.64. The molecule has 0 fully saturated rings. The maximum Gasteiger partial charge on any atom is 0.314 e. The summed E-state index contributed by atoms with van der Waals surface area (Å²) in [6, 6.07) is 0.593. The van der Waals surface area contributed by atoms with Crippen LogP contribution in [-0.2, 0) is 4.79 Å². The number of hydrogen-bond acceptors (Lipinski definition) is 2. The summed E-state index contributed by atoms with van der Waals surface area (Å²) in [6.07, 6.45) is -0.0629. The lowest BCUT2D eigenvalue weighted by Gasteiger charge is -2.09. The number of carboxylic acid groups (broad SMARTS) is 1. The Morgan fingerprint density at radius 1 is 1.18 bits per heavy atom. The van der Waals surface area contributed by atoms with E-state index in [2.05, 4.69) is 0 Å². The minimum atomic E-state index is -1.46. The average molecular weight is 246 g/mol. The zero-order chi connectivity index (χ0) is 13.2. The van der Waals surface area contributed by atoms with Crippen molar-refractivity contribution in [3.8, 4) is 0 Å². The fourth-order valence-electron chi connectivity index (χ4n) is 1.37. The van der Waals surface area contributed by atoms with Gasteiger partial charge in [0.2, 0.25) is 0 Å². The first-order valence-electron chi connectivity index (χ1n) is 4.80. The van der Waals surface area contributed by atoms with Gasteiger partial charge in [-0.3, -0.25) is 9.59 Å². The lowest BCUT2D eigenvalue weighted by molar-refractivity contribution is -0.140. The summed E-state index contributed by atoms with van der Waals surface area (Å²) in [7, 11) is 0. The maximum absolute atomic E-state index is 13.2. The summed E-state index contributed by atoms with van der Waals surface area (Å²) in [5.74, 6) is -8.06. The SMILES string of the molecule is CCC(C(=O)O)C(=O)c1cc(F)c(F)cc1F. The highest BCUT2D eigenvalue weighted by Gasteiger charge is 2.28. The zero-order valence-corrected chi connectivity index (χ0v) is 8.84. The van der Waals surface area contributed by atoms with Gasteiger partial charge >= 0.3 is 5.97 Å². The van der Waals surface area contributed by atoms with Crippen LogP contribution in [0.15, 0.2) is 12.1 Å². The zero-order valence-electron chi connectivity index (χ0n) is 8.84. The van der Waals surface area contributed by atoms with E-state index < -0.39 is 40.7 Å². The molecule has 1 N–H and O–H groups in total. The van der Waals surface area contributed by atoms with Crippen LogP contribution in [-0.4, -0.2) is 16.9 Å². The van der Waals surface area contributed by atoms with Gasteiger partial charge in [0.1, 0.15) is 11.7 Å². The Labute approximate surface area is 94.9 Å². The van der Waals surface area contributed by atoms with Gasteiger partial charge < -0.3 is 5.11 Å². The summed E-state index contributed by atoms with van der Waals surface area (Å²) in [5, 5.41) is 8.71. The molecular formula is C11H9F3O3. The Hall–Kier alpha value is -1.85. The molecule has 1 aromatic carbocycles. The Kier molecular flexibility index (Phi) is 3.88. The number of carbonyl (C=O) groups excluding carboxylic acids is 1. The summed E-state index contributed by atoms with van der Waals surface area (Å²) in [4.78, 5) is 22.3. The Balaban J connectivity index is 3.20. The average Bonchev–Trinajstić information content (AvgIpc) is 2.23. The molecule has 92 valence electrons. The Morgan fingerprint density at radius 2 is 1.71 bits per heavy atom. The fraction of sp³-hybridized carbons (Fsp3) is 0.273. The quantitative estimate of drug-likeness (QED) is 0.504. The molecule has 0 saturated carbocycles. The molecule has 0 aromatic heterocycles. The smallest absolute Gasteiger partial charge is 0.314 e. The molecule has 0 saturated heterocycles. The molecule has 3 nitrogen and oxygen atoms in total. The molecule has 17 heavy (non-hydrogen) atoms. The van der Waals surface area contributed by atoms with E-state index in [1.165, 1.54) is 6.92 Å². The number of carboxylic acids is 1. The summed E-state index contributed by atoms with van der Waals surface area (Å²) < 4.78 is 38.7. The van der Waals surface area contributed by atoms with E-state index in [-0.39, 0.29) is 12.5 Å². The third-order valence-corrected chi connectivity index (χ3v) is 2.30. The normalized spacial score (nSPS) is 12.2. The molecule has 1 rings (SSSR count). The molecule has 0 radical (unpaired) electrons. The molecule has 0 bridgehead atoms. The lowest BCUT2D eigenvalue weighted by atomic mass is 9.95. The van der Waals surface area contributed by atoms with Gasteiger partial charge in [0, 0.05) is 6.07 Å². The van der Waals surface area contributed by atoms with Gasteiger partial charge in [-0.2, -0.15) is 0 Å². The predicted octanol–water partition coefficient (Wildman–Crippen LogP) is 2.40. The van der Waals surface area contributed by atoms with Crippen molar-refractivity contribution < 1.29 is 27.9 Å². The van der Waals surface area contributed by atoms with Crippen LogP contribution >= 0.6 is 0 Å². The number of rotatable bonds is 4. The first-order chi connectivity index (χ1) is 7.88. The van der Waals surface area contributed by atoms with Crippen LogP contribution < -0.4 is 0 Å². The topological polar surface area (TPSA) is 54.4 Å². The number of carbonyl (C=O) groups is 2. The maximum atomic E-state index is 13.2. The van der Waals surface area contributed by atoms with Gasteiger partial charge in [0.25, 0.3) is 0 Å². The Morgan fingerprint density at radius 3 is 2.18 bits per heavy atom. The van der Waals surface area contributed by atoms with E-state index in [9.17, 15) is 22.8 Å². The van der Waals surface area contributed by atoms with Crippen LogP contribution in [0.5, 0.6) is 0 Å². The molecule has 0 heterocycles. The highest BCUT2D eigenvalue weighted by molar-refractivity contribution is 6.08. The molecule has 0 aliphatic carbocycles.